The molecule has 1 aromatic rings. The van der Waals surface area contributed by atoms with E-state index in [1.165, 1.54) is 12.1 Å². The van der Waals surface area contributed by atoms with Gasteiger partial charge in [-0.3, -0.25) is 4.79 Å². The fourth-order valence-corrected chi connectivity index (χ4v) is 2.76. The van der Waals surface area contributed by atoms with Crippen molar-refractivity contribution in [1.29, 1.82) is 0 Å². The van der Waals surface area contributed by atoms with Gasteiger partial charge in [-0.05, 0) is 42.9 Å². The standard InChI is InChI=1S/C16H22FN3O2/c1-10(2)11-5-7-20(8-6-11)16(22)19-12-3-4-13(15(18)21)14(17)9-12/h3-4,9-11H,5-8H2,1-2H3,(H2,18,21)(H,19,22). The molecular weight excluding hydrogens is 285 g/mol. The molecule has 22 heavy (non-hydrogen) atoms. The van der Waals surface area contributed by atoms with Crippen LogP contribution < -0.4 is 11.1 Å². The lowest BCUT2D eigenvalue weighted by molar-refractivity contribution is 0.0996. The van der Waals surface area contributed by atoms with Gasteiger partial charge in [-0.1, -0.05) is 13.8 Å². The molecule has 0 aromatic heterocycles. The zero-order valence-electron chi connectivity index (χ0n) is 12.9. The summed E-state index contributed by atoms with van der Waals surface area (Å²) < 4.78 is 13.7. The number of hydrogen-bond donors (Lipinski definition) is 2. The minimum atomic E-state index is -0.828. The molecule has 120 valence electrons. The first-order valence-electron chi connectivity index (χ1n) is 7.53. The molecule has 1 aliphatic rings. The zero-order chi connectivity index (χ0) is 16.3. The Labute approximate surface area is 129 Å². The highest BCUT2D eigenvalue weighted by atomic mass is 19.1. The minimum Gasteiger partial charge on any atom is -0.366 e. The van der Waals surface area contributed by atoms with Crippen molar-refractivity contribution in [1.82, 2.24) is 4.90 Å². The number of amides is 3. The number of anilines is 1. The molecule has 0 saturated carbocycles. The normalized spacial score (nSPS) is 15.9. The number of hydrogen-bond acceptors (Lipinski definition) is 2. The third-order valence-corrected chi connectivity index (χ3v) is 4.26. The summed E-state index contributed by atoms with van der Waals surface area (Å²) in [7, 11) is 0. The van der Waals surface area contributed by atoms with Gasteiger partial charge in [-0.2, -0.15) is 0 Å². The third-order valence-electron chi connectivity index (χ3n) is 4.26. The predicted molar refractivity (Wildman–Crippen MR) is 83.1 cm³/mol. The largest absolute Gasteiger partial charge is 0.366 e. The molecule has 0 unspecified atom stereocenters. The highest BCUT2D eigenvalue weighted by molar-refractivity contribution is 5.94. The second-order valence-electron chi connectivity index (χ2n) is 6.06. The zero-order valence-corrected chi connectivity index (χ0v) is 12.9. The smallest absolute Gasteiger partial charge is 0.321 e. The molecule has 5 nitrogen and oxygen atoms in total. The number of carbonyl (C=O) groups excluding carboxylic acids is 2. The van der Waals surface area contributed by atoms with Crippen molar-refractivity contribution in [2.75, 3.05) is 18.4 Å². The first-order chi connectivity index (χ1) is 10.4. The second-order valence-corrected chi connectivity index (χ2v) is 6.06. The van der Waals surface area contributed by atoms with E-state index in [9.17, 15) is 14.0 Å². The topological polar surface area (TPSA) is 75.4 Å². The number of rotatable bonds is 3. The molecule has 0 bridgehead atoms. The maximum Gasteiger partial charge on any atom is 0.321 e. The summed E-state index contributed by atoms with van der Waals surface area (Å²) in [6, 6.07) is 3.62. The number of nitrogens with zero attached hydrogens (tertiary/aromatic N) is 1. The number of urea groups is 1. The molecule has 0 aliphatic carbocycles. The Morgan fingerprint density at radius 1 is 1.32 bits per heavy atom. The van der Waals surface area contributed by atoms with E-state index in [0.29, 0.717) is 30.6 Å². The van der Waals surface area contributed by atoms with E-state index in [0.717, 1.165) is 18.9 Å². The lowest BCUT2D eigenvalue weighted by atomic mass is 9.87. The lowest BCUT2D eigenvalue weighted by Crippen LogP contribution is -2.41. The number of carbonyl (C=O) groups is 2. The van der Waals surface area contributed by atoms with Crippen molar-refractivity contribution in [2.45, 2.75) is 26.7 Å². The number of primary amides is 1. The van der Waals surface area contributed by atoms with Crippen LogP contribution in [0, 0.1) is 17.7 Å². The molecule has 2 rings (SSSR count). The maximum absolute atomic E-state index is 13.7. The van der Waals surface area contributed by atoms with Gasteiger partial charge in [0.1, 0.15) is 5.82 Å². The van der Waals surface area contributed by atoms with Crippen LogP contribution in [0.1, 0.15) is 37.0 Å². The summed E-state index contributed by atoms with van der Waals surface area (Å²) in [6.07, 6.45) is 1.97. The van der Waals surface area contributed by atoms with E-state index in [2.05, 4.69) is 19.2 Å². The van der Waals surface area contributed by atoms with Gasteiger partial charge >= 0.3 is 6.03 Å². The fraction of sp³-hybridized carbons (Fsp3) is 0.500. The predicted octanol–water partition coefficient (Wildman–Crippen LogP) is 2.82. The Kier molecular flexibility index (Phi) is 5.00. The third kappa shape index (κ3) is 3.75. The monoisotopic (exact) mass is 307 g/mol. The molecule has 1 fully saturated rings. The molecular formula is C16H22FN3O2. The molecule has 3 amide bonds. The van der Waals surface area contributed by atoms with E-state index < -0.39 is 11.7 Å². The number of nitrogens with one attached hydrogen (secondary N) is 1. The molecule has 0 spiro atoms. The van der Waals surface area contributed by atoms with Gasteiger partial charge in [0.2, 0.25) is 0 Å². The summed E-state index contributed by atoms with van der Waals surface area (Å²) in [4.78, 5) is 24.9. The Hall–Kier alpha value is -2.11. The Bertz CT molecular complexity index is 567. The van der Waals surface area contributed by atoms with E-state index in [1.807, 2.05) is 0 Å². The van der Waals surface area contributed by atoms with E-state index in [1.54, 1.807) is 4.90 Å². The number of nitrogens with two attached hydrogens (primary N) is 1. The van der Waals surface area contributed by atoms with Gasteiger partial charge < -0.3 is 16.0 Å². The average molecular weight is 307 g/mol. The summed E-state index contributed by atoms with van der Waals surface area (Å²) in [6.45, 7) is 5.81. The lowest BCUT2D eigenvalue weighted by Gasteiger charge is -2.33. The van der Waals surface area contributed by atoms with Crippen molar-refractivity contribution in [3.63, 3.8) is 0 Å². The van der Waals surface area contributed by atoms with Crippen molar-refractivity contribution in [3.8, 4) is 0 Å². The van der Waals surface area contributed by atoms with Crippen molar-refractivity contribution in [2.24, 2.45) is 17.6 Å². The van der Waals surface area contributed by atoms with Crippen LogP contribution in [0.3, 0.4) is 0 Å². The molecule has 3 N–H and O–H groups in total. The van der Waals surface area contributed by atoms with Crippen LogP contribution in [0.2, 0.25) is 0 Å². The van der Waals surface area contributed by atoms with Gasteiger partial charge in [-0.25, -0.2) is 9.18 Å². The first-order valence-corrected chi connectivity index (χ1v) is 7.53. The number of likely N-dealkylation sites (tertiary alicyclic amines) is 1. The second kappa shape index (κ2) is 6.77. The van der Waals surface area contributed by atoms with Gasteiger partial charge in [0.15, 0.2) is 0 Å². The van der Waals surface area contributed by atoms with E-state index in [4.69, 9.17) is 5.73 Å². The maximum atomic E-state index is 13.7. The quantitative estimate of drug-likeness (QED) is 0.901. The van der Waals surface area contributed by atoms with E-state index in [-0.39, 0.29) is 11.6 Å². The summed E-state index contributed by atoms with van der Waals surface area (Å²) >= 11 is 0. The molecule has 0 radical (unpaired) electrons. The van der Waals surface area contributed by atoms with Crippen LogP contribution in [0.25, 0.3) is 0 Å². The van der Waals surface area contributed by atoms with Crippen molar-refractivity contribution < 1.29 is 14.0 Å². The first kappa shape index (κ1) is 16.3. The average Bonchev–Trinajstić information content (AvgIpc) is 2.47. The molecule has 0 atom stereocenters. The Morgan fingerprint density at radius 3 is 2.45 bits per heavy atom. The molecule has 1 heterocycles. The van der Waals surface area contributed by atoms with Crippen molar-refractivity contribution >= 4 is 17.6 Å². The van der Waals surface area contributed by atoms with Crippen LogP contribution >= 0.6 is 0 Å². The number of halogens is 1. The molecule has 1 aliphatic heterocycles. The molecule has 1 saturated heterocycles. The number of piperidine rings is 1. The van der Waals surface area contributed by atoms with Gasteiger partial charge in [0, 0.05) is 18.8 Å². The van der Waals surface area contributed by atoms with Crippen LogP contribution in [0.5, 0.6) is 0 Å². The summed E-state index contributed by atoms with van der Waals surface area (Å²) in [5, 5.41) is 2.66. The Balaban J connectivity index is 1.95. The van der Waals surface area contributed by atoms with Gasteiger partial charge in [0.05, 0.1) is 5.56 Å². The minimum absolute atomic E-state index is 0.184. The van der Waals surface area contributed by atoms with E-state index >= 15 is 0 Å². The van der Waals surface area contributed by atoms with Crippen molar-refractivity contribution in [3.05, 3.63) is 29.6 Å². The SMILES string of the molecule is CC(C)C1CCN(C(=O)Nc2ccc(C(N)=O)c(F)c2)CC1. The van der Waals surface area contributed by atoms with Crippen LogP contribution in [-0.2, 0) is 0 Å². The van der Waals surface area contributed by atoms with Gasteiger partial charge in [-0.15, -0.1) is 0 Å². The van der Waals surface area contributed by atoms with Crippen LogP contribution in [0.15, 0.2) is 18.2 Å². The highest BCUT2D eigenvalue weighted by Crippen LogP contribution is 2.25. The summed E-state index contributed by atoms with van der Waals surface area (Å²) in [5.74, 6) is -0.285. The molecule has 6 heteroatoms. The fourth-order valence-electron chi connectivity index (χ4n) is 2.76. The molecule has 1 aromatic carbocycles. The van der Waals surface area contributed by atoms with Crippen LogP contribution in [-0.4, -0.2) is 29.9 Å². The summed E-state index contributed by atoms with van der Waals surface area (Å²) in [5.41, 5.74) is 5.18. The van der Waals surface area contributed by atoms with Crippen LogP contribution in [0.4, 0.5) is 14.9 Å². The Morgan fingerprint density at radius 2 is 1.95 bits per heavy atom. The highest BCUT2D eigenvalue weighted by Gasteiger charge is 2.24. The number of benzene rings is 1. The van der Waals surface area contributed by atoms with Gasteiger partial charge in [0.25, 0.3) is 5.91 Å².